The van der Waals surface area contributed by atoms with Gasteiger partial charge in [0, 0.05) is 10.9 Å². The van der Waals surface area contributed by atoms with Gasteiger partial charge in [0.05, 0.1) is 0 Å². The van der Waals surface area contributed by atoms with Gasteiger partial charge in [-0.1, -0.05) is 35.9 Å². The van der Waals surface area contributed by atoms with Gasteiger partial charge < -0.3 is 4.74 Å². The van der Waals surface area contributed by atoms with E-state index in [2.05, 4.69) is 9.24 Å². The number of ketones is 1. The van der Waals surface area contributed by atoms with E-state index in [1.807, 2.05) is 57.2 Å². The Morgan fingerprint density at radius 1 is 1.10 bits per heavy atom. The molecule has 2 rings (SSSR count). The molecule has 0 fully saturated rings. The number of rotatable bonds is 4. The van der Waals surface area contributed by atoms with Gasteiger partial charge in [-0.3, -0.25) is 4.79 Å². The van der Waals surface area contributed by atoms with Crippen molar-refractivity contribution in [2.24, 2.45) is 0 Å². The van der Waals surface area contributed by atoms with Gasteiger partial charge >= 0.3 is 0 Å². The predicted molar refractivity (Wildman–Crippen MR) is 90.9 cm³/mol. The first kappa shape index (κ1) is 15.7. The Labute approximate surface area is 128 Å². The van der Waals surface area contributed by atoms with E-state index in [1.54, 1.807) is 6.92 Å². The van der Waals surface area contributed by atoms with Crippen LogP contribution in [0.3, 0.4) is 0 Å². The number of benzene rings is 2. The zero-order valence-corrected chi connectivity index (χ0v) is 14.1. The first-order valence-corrected chi connectivity index (χ1v) is 7.61. The minimum Gasteiger partial charge on any atom is -0.482 e. The molecular formula is C18H21O2P. The molecule has 0 radical (unpaired) electrons. The topological polar surface area (TPSA) is 26.3 Å². The maximum absolute atomic E-state index is 12.7. The molecule has 0 aliphatic heterocycles. The number of para-hydroxylation sites is 1. The van der Waals surface area contributed by atoms with Crippen molar-refractivity contribution in [2.75, 3.05) is 0 Å². The molecule has 0 saturated heterocycles. The number of carbonyl (C=O) groups is 1. The zero-order valence-electron chi connectivity index (χ0n) is 12.9. The Balaban J connectivity index is 2.26. The smallest absolute Gasteiger partial charge is 0.203 e. The standard InChI is InChI=1S/C18H21O2P/c1-11-9-12(2)17(13(3)10-11)18(19)14(4)20-15-7-5-6-8-16(15)21/h5-10,14H,21H2,1-4H3. The number of Topliss-reactive ketones (excluding diaryl/α,β-unsaturated/α-hetero) is 1. The van der Waals surface area contributed by atoms with Crippen LogP contribution in [0.15, 0.2) is 36.4 Å². The highest BCUT2D eigenvalue weighted by atomic mass is 31.0. The molecule has 0 aliphatic rings. The van der Waals surface area contributed by atoms with E-state index >= 15 is 0 Å². The second-order valence-electron chi connectivity index (χ2n) is 5.44. The molecule has 110 valence electrons. The minimum atomic E-state index is -0.508. The summed E-state index contributed by atoms with van der Waals surface area (Å²) in [4.78, 5) is 12.7. The van der Waals surface area contributed by atoms with Crippen molar-refractivity contribution in [1.82, 2.24) is 0 Å². The van der Waals surface area contributed by atoms with Gasteiger partial charge in [-0.25, -0.2) is 0 Å². The lowest BCUT2D eigenvalue weighted by Gasteiger charge is -2.18. The van der Waals surface area contributed by atoms with Crippen LogP contribution < -0.4 is 10.0 Å². The van der Waals surface area contributed by atoms with Crippen molar-refractivity contribution in [3.05, 3.63) is 58.7 Å². The van der Waals surface area contributed by atoms with Gasteiger partial charge in [-0.15, -0.1) is 9.24 Å². The van der Waals surface area contributed by atoms with E-state index in [1.165, 1.54) is 5.56 Å². The molecule has 2 nitrogen and oxygen atoms in total. The fourth-order valence-electron chi connectivity index (χ4n) is 2.60. The molecule has 0 saturated carbocycles. The van der Waals surface area contributed by atoms with Gasteiger partial charge in [-0.05, 0) is 44.9 Å². The third kappa shape index (κ3) is 3.51. The van der Waals surface area contributed by atoms with E-state index in [0.717, 1.165) is 27.7 Å². The molecule has 3 heteroatoms. The predicted octanol–water partition coefficient (Wildman–Crippen LogP) is 3.76. The highest BCUT2D eigenvalue weighted by molar-refractivity contribution is 7.27. The van der Waals surface area contributed by atoms with E-state index in [0.29, 0.717) is 0 Å². The summed E-state index contributed by atoms with van der Waals surface area (Å²) in [5.41, 5.74) is 3.96. The molecule has 0 aromatic heterocycles. The van der Waals surface area contributed by atoms with Gasteiger partial charge in [0.25, 0.3) is 0 Å². The maximum atomic E-state index is 12.7. The Morgan fingerprint density at radius 3 is 2.24 bits per heavy atom. The molecular weight excluding hydrogens is 279 g/mol. The van der Waals surface area contributed by atoms with Gasteiger partial charge in [-0.2, -0.15) is 0 Å². The Hall–Kier alpha value is -1.66. The molecule has 0 spiro atoms. The van der Waals surface area contributed by atoms with Crippen molar-refractivity contribution in [1.29, 1.82) is 0 Å². The van der Waals surface area contributed by atoms with Crippen molar-refractivity contribution < 1.29 is 9.53 Å². The van der Waals surface area contributed by atoms with Crippen molar-refractivity contribution in [2.45, 2.75) is 33.8 Å². The average molecular weight is 300 g/mol. The lowest BCUT2D eigenvalue weighted by Crippen LogP contribution is -2.26. The number of hydrogen-bond donors (Lipinski definition) is 0. The van der Waals surface area contributed by atoms with E-state index in [-0.39, 0.29) is 5.78 Å². The molecule has 2 aromatic carbocycles. The van der Waals surface area contributed by atoms with Crippen LogP contribution in [0, 0.1) is 20.8 Å². The summed E-state index contributed by atoms with van der Waals surface area (Å²) in [6.45, 7) is 7.80. The summed E-state index contributed by atoms with van der Waals surface area (Å²) in [5.74, 6) is 0.754. The zero-order chi connectivity index (χ0) is 15.6. The van der Waals surface area contributed by atoms with Crippen LogP contribution in [-0.4, -0.2) is 11.9 Å². The number of carbonyl (C=O) groups excluding carboxylic acids is 1. The molecule has 0 amide bonds. The summed E-state index contributed by atoms with van der Waals surface area (Å²) in [6, 6.07) is 11.7. The third-order valence-corrected chi connectivity index (χ3v) is 3.99. The summed E-state index contributed by atoms with van der Waals surface area (Å²) >= 11 is 0. The third-order valence-electron chi connectivity index (χ3n) is 3.52. The van der Waals surface area contributed by atoms with Gasteiger partial charge in [0.2, 0.25) is 5.78 Å². The quantitative estimate of drug-likeness (QED) is 0.635. The van der Waals surface area contributed by atoms with E-state index in [4.69, 9.17) is 4.74 Å². The van der Waals surface area contributed by atoms with Crippen LogP contribution >= 0.6 is 9.24 Å². The second-order valence-corrected chi connectivity index (χ2v) is 6.06. The molecule has 21 heavy (non-hydrogen) atoms. The Bertz CT molecular complexity index is 654. The molecule has 0 N–H and O–H groups in total. The van der Waals surface area contributed by atoms with Crippen molar-refractivity contribution in [3.8, 4) is 5.75 Å². The molecule has 2 aromatic rings. The molecule has 0 heterocycles. The van der Waals surface area contributed by atoms with Crippen molar-refractivity contribution >= 4 is 20.3 Å². The first-order valence-electron chi connectivity index (χ1n) is 7.03. The fraction of sp³-hybridized carbons (Fsp3) is 0.278. The highest BCUT2D eigenvalue weighted by Crippen LogP contribution is 2.20. The minimum absolute atomic E-state index is 0.0262. The number of ether oxygens (including phenoxy) is 1. The van der Waals surface area contributed by atoms with Crippen LogP contribution in [0.5, 0.6) is 5.75 Å². The van der Waals surface area contributed by atoms with Crippen LogP contribution in [0.2, 0.25) is 0 Å². The number of aryl methyl sites for hydroxylation is 3. The van der Waals surface area contributed by atoms with Gasteiger partial charge in [0.1, 0.15) is 5.75 Å². The van der Waals surface area contributed by atoms with E-state index < -0.39 is 6.10 Å². The monoisotopic (exact) mass is 300 g/mol. The highest BCUT2D eigenvalue weighted by Gasteiger charge is 2.21. The summed E-state index contributed by atoms with van der Waals surface area (Å²) in [7, 11) is 2.63. The first-order chi connectivity index (χ1) is 9.90. The maximum Gasteiger partial charge on any atom is 0.203 e. The van der Waals surface area contributed by atoms with Crippen LogP contribution in [0.25, 0.3) is 0 Å². The lowest BCUT2D eigenvalue weighted by molar-refractivity contribution is 0.0818. The fourth-order valence-corrected chi connectivity index (χ4v) is 2.88. The van der Waals surface area contributed by atoms with E-state index in [9.17, 15) is 4.79 Å². The summed E-state index contributed by atoms with van der Waals surface area (Å²) in [5, 5.41) is 0.953. The average Bonchev–Trinajstić information content (AvgIpc) is 2.40. The SMILES string of the molecule is Cc1cc(C)c(C(=O)C(C)Oc2ccccc2P)c(C)c1. The molecule has 0 aliphatic carbocycles. The van der Waals surface area contributed by atoms with Crippen molar-refractivity contribution in [3.63, 3.8) is 0 Å². The molecule has 2 atom stereocenters. The normalized spacial score (nSPS) is 12.0. The molecule has 2 unspecified atom stereocenters. The second kappa shape index (κ2) is 6.41. The largest absolute Gasteiger partial charge is 0.482 e. The van der Waals surface area contributed by atoms with Crippen LogP contribution in [0.1, 0.15) is 34.0 Å². The number of hydrogen-bond acceptors (Lipinski definition) is 2. The van der Waals surface area contributed by atoms with Gasteiger partial charge in [0.15, 0.2) is 6.10 Å². The van der Waals surface area contributed by atoms with Crippen LogP contribution in [-0.2, 0) is 0 Å². The lowest BCUT2D eigenvalue weighted by atomic mass is 9.94. The molecule has 0 bridgehead atoms. The summed E-state index contributed by atoms with van der Waals surface area (Å²) < 4.78 is 5.83. The van der Waals surface area contributed by atoms with Crippen LogP contribution in [0.4, 0.5) is 0 Å². The Kier molecular flexibility index (Phi) is 4.80. The summed E-state index contributed by atoms with van der Waals surface area (Å²) in [6.07, 6.45) is -0.508. The Morgan fingerprint density at radius 2 is 1.67 bits per heavy atom.